The number of carbonyl (C=O) groups excluding carboxylic acids is 3. The molecule has 2 aromatic carbocycles. The van der Waals surface area contributed by atoms with Crippen molar-refractivity contribution < 1.29 is 19.1 Å². The molecule has 1 heterocycles. The minimum atomic E-state index is -0.620. The van der Waals surface area contributed by atoms with Crippen molar-refractivity contribution in [3.05, 3.63) is 54.1 Å². The Balaban J connectivity index is 1.63. The lowest BCUT2D eigenvalue weighted by atomic mass is 10.1. The van der Waals surface area contributed by atoms with E-state index >= 15 is 0 Å². The molecule has 0 radical (unpaired) electrons. The molecule has 0 saturated heterocycles. The summed E-state index contributed by atoms with van der Waals surface area (Å²) in [4.78, 5) is 40.5. The number of nitrogens with zero attached hydrogens (tertiary/aromatic N) is 1. The number of hydrogen-bond acceptors (Lipinski definition) is 6. The van der Waals surface area contributed by atoms with Gasteiger partial charge in [-0.25, -0.2) is 9.78 Å². The third-order valence-corrected chi connectivity index (χ3v) is 5.09. The SMILES string of the molecule is CCCNC(=O)CNC(=O)COC(=O)c1ccccc1-c1nc2ccccc2s1. The van der Waals surface area contributed by atoms with E-state index in [4.69, 9.17) is 4.74 Å². The summed E-state index contributed by atoms with van der Waals surface area (Å²) < 4.78 is 6.15. The van der Waals surface area contributed by atoms with Crippen LogP contribution >= 0.6 is 11.3 Å². The van der Waals surface area contributed by atoms with E-state index in [2.05, 4.69) is 15.6 Å². The van der Waals surface area contributed by atoms with Gasteiger partial charge in [0.25, 0.3) is 5.91 Å². The largest absolute Gasteiger partial charge is 0.452 e. The van der Waals surface area contributed by atoms with Crippen LogP contribution in [0.4, 0.5) is 0 Å². The fraction of sp³-hybridized carbons (Fsp3) is 0.238. The summed E-state index contributed by atoms with van der Waals surface area (Å²) in [5.41, 5.74) is 1.84. The zero-order valence-electron chi connectivity index (χ0n) is 15.9. The molecule has 0 aliphatic heterocycles. The van der Waals surface area contributed by atoms with E-state index in [0.717, 1.165) is 16.6 Å². The molecule has 0 aliphatic rings. The van der Waals surface area contributed by atoms with Crippen molar-refractivity contribution in [1.82, 2.24) is 15.6 Å². The molecule has 0 spiro atoms. The molecule has 3 rings (SSSR count). The van der Waals surface area contributed by atoms with Crippen molar-refractivity contribution in [3.8, 4) is 10.6 Å². The quantitative estimate of drug-likeness (QED) is 0.556. The molecule has 150 valence electrons. The van der Waals surface area contributed by atoms with Crippen molar-refractivity contribution in [2.24, 2.45) is 0 Å². The molecule has 0 saturated carbocycles. The maximum atomic E-state index is 12.5. The third kappa shape index (κ3) is 5.39. The summed E-state index contributed by atoms with van der Waals surface area (Å²) in [6, 6.07) is 14.7. The van der Waals surface area contributed by atoms with Gasteiger partial charge in [-0.15, -0.1) is 11.3 Å². The predicted octanol–water partition coefficient (Wildman–Crippen LogP) is 2.76. The van der Waals surface area contributed by atoms with Gasteiger partial charge in [-0.2, -0.15) is 0 Å². The summed E-state index contributed by atoms with van der Waals surface area (Å²) in [6.45, 7) is 1.86. The first kappa shape index (κ1) is 20.5. The standard InChI is InChI=1S/C21H21N3O4S/c1-2-11-22-18(25)12-23-19(26)13-28-21(27)15-8-4-3-7-14(15)20-24-16-9-5-6-10-17(16)29-20/h3-10H,2,11-13H2,1H3,(H,22,25)(H,23,26). The van der Waals surface area contributed by atoms with Crippen molar-refractivity contribution in [3.63, 3.8) is 0 Å². The second-order valence-corrected chi connectivity index (χ2v) is 7.27. The Morgan fingerprint density at radius 1 is 1.00 bits per heavy atom. The lowest BCUT2D eigenvalue weighted by Gasteiger charge is -2.09. The van der Waals surface area contributed by atoms with Crippen molar-refractivity contribution >= 4 is 39.3 Å². The number of aromatic nitrogens is 1. The molecule has 2 N–H and O–H groups in total. The van der Waals surface area contributed by atoms with E-state index in [1.54, 1.807) is 18.2 Å². The number of esters is 1. The maximum Gasteiger partial charge on any atom is 0.339 e. The molecule has 0 atom stereocenters. The van der Waals surface area contributed by atoms with Crippen LogP contribution in [0.5, 0.6) is 0 Å². The van der Waals surface area contributed by atoms with Gasteiger partial charge < -0.3 is 15.4 Å². The number of rotatable bonds is 8. The van der Waals surface area contributed by atoms with Gasteiger partial charge >= 0.3 is 5.97 Å². The summed E-state index contributed by atoms with van der Waals surface area (Å²) >= 11 is 1.48. The molecule has 8 heteroatoms. The number of amides is 2. The Labute approximate surface area is 172 Å². The number of thiazole rings is 1. The summed E-state index contributed by atoms with van der Waals surface area (Å²) in [7, 11) is 0. The van der Waals surface area contributed by atoms with Gasteiger partial charge in [-0.1, -0.05) is 37.3 Å². The summed E-state index contributed by atoms with van der Waals surface area (Å²) in [5.74, 6) is -1.44. The number of para-hydroxylation sites is 1. The molecular weight excluding hydrogens is 390 g/mol. The Morgan fingerprint density at radius 3 is 2.55 bits per heavy atom. The van der Waals surface area contributed by atoms with Gasteiger partial charge in [-0.3, -0.25) is 9.59 Å². The highest BCUT2D eigenvalue weighted by atomic mass is 32.1. The monoisotopic (exact) mass is 411 g/mol. The Bertz CT molecular complexity index is 998. The average molecular weight is 411 g/mol. The number of carbonyl (C=O) groups is 3. The number of ether oxygens (including phenoxy) is 1. The van der Waals surface area contributed by atoms with Crippen LogP contribution in [0.2, 0.25) is 0 Å². The van der Waals surface area contributed by atoms with Crippen LogP contribution in [-0.4, -0.2) is 42.5 Å². The number of fused-ring (bicyclic) bond motifs is 1. The molecule has 1 aromatic heterocycles. The zero-order valence-corrected chi connectivity index (χ0v) is 16.8. The molecular formula is C21H21N3O4S. The number of hydrogen-bond donors (Lipinski definition) is 2. The van der Waals surface area contributed by atoms with Crippen LogP contribution in [-0.2, 0) is 14.3 Å². The molecule has 29 heavy (non-hydrogen) atoms. The Hall–Kier alpha value is -3.26. The zero-order chi connectivity index (χ0) is 20.6. The van der Waals surface area contributed by atoms with E-state index in [0.29, 0.717) is 22.7 Å². The fourth-order valence-electron chi connectivity index (χ4n) is 2.60. The van der Waals surface area contributed by atoms with E-state index in [1.807, 2.05) is 37.3 Å². The Kier molecular flexibility index (Phi) is 6.91. The molecule has 0 fully saturated rings. The predicted molar refractivity (Wildman–Crippen MR) is 112 cm³/mol. The second kappa shape index (κ2) is 9.79. The average Bonchev–Trinajstić information content (AvgIpc) is 3.18. The van der Waals surface area contributed by atoms with Gasteiger partial charge in [0.1, 0.15) is 5.01 Å². The van der Waals surface area contributed by atoms with Crippen LogP contribution in [0.1, 0.15) is 23.7 Å². The molecule has 0 aliphatic carbocycles. The number of nitrogens with one attached hydrogen (secondary N) is 2. The molecule has 2 amide bonds. The lowest BCUT2D eigenvalue weighted by molar-refractivity contribution is -0.127. The van der Waals surface area contributed by atoms with E-state index in [1.165, 1.54) is 11.3 Å². The maximum absolute atomic E-state index is 12.5. The van der Waals surface area contributed by atoms with Crippen LogP contribution < -0.4 is 10.6 Å². The van der Waals surface area contributed by atoms with Crippen molar-refractivity contribution in [2.75, 3.05) is 19.7 Å². The first-order chi connectivity index (χ1) is 14.1. The molecule has 3 aromatic rings. The topological polar surface area (TPSA) is 97.4 Å². The van der Waals surface area contributed by atoms with Gasteiger partial charge in [-0.05, 0) is 24.6 Å². The summed E-state index contributed by atoms with van der Waals surface area (Å²) in [6.07, 6.45) is 0.811. The fourth-order valence-corrected chi connectivity index (χ4v) is 3.61. The second-order valence-electron chi connectivity index (χ2n) is 6.24. The van der Waals surface area contributed by atoms with Gasteiger partial charge in [0.2, 0.25) is 5.91 Å². The Morgan fingerprint density at radius 2 is 1.76 bits per heavy atom. The van der Waals surface area contributed by atoms with Crippen LogP contribution in [0.3, 0.4) is 0 Å². The molecule has 0 unspecified atom stereocenters. The van der Waals surface area contributed by atoms with Gasteiger partial charge in [0.15, 0.2) is 6.61 Å². The molecule has 0 bridgehead atoms. The highest BCUT2D eigenvalue weighted by molar-refractivity contribution is 7.21. The highest BCUT2D eigenvalue weighted by Gasteiger charge is 2.18. The normalized spacial score (nSPS) is 10.5. The van der Waals surface area contributed by atoms with E-state index in [9.17, 15) is 14.4 Å². The van der Waals surface area contributed by atoms with Crippen molar-refractivity contribution in [1.29, 1.82) is 0 Å². The van der Waals surface area contributed by atoms with Crippen LogP contribution in [0.15, 0.2) is 48.5 Å². The van der Waals surface area contributed by atoms with Gasteiger partial charge in [0, 0.05) is 12.1 Å². The van der Waals surface area contributed by atoms with Crippen LogP contribution in [0.25, 0.3) is 20.8 Å². The molecule has 7 nitrogen and oxygen atoms in total. The third-order valence-electron chi connectivity index (χ3n) is 4.02. The smallest absolute Gasteiger partial charge is 0.339 e. The minimum absolute atomic E-state index is 0.154. The summed E-state index contributed by atoms with van der Waals surface area (Å²) in [5, 5.41) is 5.78. The van der Waals surface area contributed by atoms with Crippen LogP contribution in [0, 0.1) is 0 Å². The first-order valence-corrected chi connectivity index (χ1v) is 10.1. The minimum Gasteiger partial charge on any atom is -0.452 e. The van der Waals surface area contributed by atoms with Gasteiger partial charge in [0.05, 0.1) is 22.3 Å². The number of benzene rings is 2. The highest BCUT2D eigenvalue weighted by Crippen LogP contribution is 2.32. The van der Waals surface area contributed by atoms with E-state index in [-0.39, 0.29) is 12.5 Å². The first-order valence-electron chi connectivity index (χ1n) is 9.24. The van der Waals surface area contributed by atoms with Crippen molar-refractivity contribution in [2.45, 2.75) is 13.3 Å². The lowest BCUT2D eigenvalue weighted by Crippen LogP contribution is -2.38. The van der Waals surface area contributed by atoms with E-state index < -0.39 is 18.5 Å².